The van der Waals surface area contributed by atoms with Crippen LogP contribution in [0.15, 0.2) is 47.5 Å². The number of para-hydroxylation sites is 2. The predicted molar refractivity (Wildman–Crippen MR) is 103 cm³/mol. The van der Waals surface area contributed by atoms with E-state index in [0.717, 1.165) is 22.3 Å². The van der Waals surface area contributed by atoms with Crippen molar-refractivity contribution in [1.29, 1.82) is 0 Å². The van der Waals surface area contributed by atoms with Crippen molar-refractivity contribution in [3.8, 4) is 0 Å². The second-order valence-electron chi connectivity index (χ2n) is 6.88. The highest BCUT2D eigenvalue weighted by Gasteiger charge is 2.13. The molecule has 0 radical (unpaired) electrons. The molecule has 2 aromatic carbocycles. The van der Waals surface area contributed by atoms with Crippen molar-refractivity contribution in [2.24, 2.45) is 12.0 Å². The van der Waals surface area contributed by atoms with E-state index in [1.807, 2.05) is 30.1 Å². The highest BCUT2D eigenvalue weighted by molar-refractivity contribution is 5.98. The lowest BCUT2D eigenvalue weighted by Crippen LogP contribution is -1.96. The standard InChI is InChI=1S/C21H25N3/c1-14(2)16-10-8-11-17(15(3)4)21(16)22-13-19-18-9-6-7-12-20(18)24(5)23-19/h6-15H,1-5H3/b22-13+. The normalized spacial score (nSPS) is 12.1. The van der Waals surface area contributed by atoms with Gasteiger partial charge in [-0.3, -0.25) is 9.67 Å². The van der Waals surface area contributed by atoms with E-state index in [2.05, 4.69) is 63.1 Å². The number of hydrogen-bond donors (Lipinski definition) is 0. The third kappa shape index (κ3) is 2.99. The number of aromatic nitrogens is 2. The first-order valence-corrected chi connectivity index (χ1v) is 8.57. The molecule has 0 amide bonds. The zero-order valence-corrected chi connectivity index (χ0v) is 15.1. The Morgan fingerprint density at radius 2 is 1.54 bits per heavy atom. The largest absolute Gasteiger partial charge is 0.267 e. The van der Waals surface area contributed by atoms with Gasteiger partial charge in [-0.1, -0.05) is 64.1 Å². The van der Waals surface area contributed by atoms with Gasteiger partial charge in [0.2, 0.25) is 0 Å². The molecule has 124 valence electrons. The monoisotopic (exact) mass is 319 g/mol. The van der Waals surface area contributed by atoms with Crippen molar-refractivity contribution in [2.45, 2.75) is 39.5 Å². The fourth-order valence-electron chi connectivity index (χ4n) is 3.12. The molecule has 0 unspecified atom stereocenters. The van der Waals surface area contributed by atoms with Crippen molar-refractivity contribution >= 4 is 22.8 Å². The van der Waals surface area contributed by atoms with Gasteiger partial charge < -0.3 is 0 Å². The Labute approximate surface area is 144 Å². The summed E-state index contributed by atoms with van der Waals surface area (Å²) in [4.78, 5) is 4.88. The van der Waals surface area contributed by atoms with Crippen molar-refractivity contribution in [3.63, 3.8) is 0 Å². The quantitative estimate of drug-likeness (QED) is 0.578. The molecule has 1 heterocycles. The maximum absolute atomic E-state index is 4.88. The van der Waals surface area contributed by atoms with Gasteiger partial charge in [0.15, 0.2) is 0 Å². The molecule has 0 bridgehead atoms. The van der Waals surface area contributed by atoms with Gasteiger partial charge in [0.25, 0.3) is 0 Å². The van der Waals surface area contributed by atoms with E-state index in [-0.39, 0.29) is 0 Å². The Balaban J connectivity index is 2.11. The van der Waals surface area contributed by atoms with Crippen LogP contribution < -0.4 is 0 Å². The van der Waals surface area contributed by atoms with E-state index in [1.165, 1.54) is 11.1 Å². The van der Waals surface area contributed by atoms with Gasteiger partial charge in [0, 0.05) is 12.4 Å². The van der Waals surface area contributed by atoms with E-state index in [9.17, 15) is 0 Å². The van der Waals surface area contributed by atoms with E-state index < -0.39 is 0 Å². The summed E-state index contributed by atoms with van der Waals surface area (Å²) in [6.07, 6.45) is 1.91. The van der Waals surface area contributed by atoms with Crippen LogP contribution in [0.4, 0.5) is 5.69 Å². The maximum atomic E-state index is 4.88. The summed E-state index contributed by atoms with van der Waals surface area (Å²) < 4.78 is 1.91. The second-order valence-corrected chi connectivity index (χ2v) is 6.88. The van der Waals surface area contributed by atoms with Crippen LogP contribution in [0, 0.1) is 0 Å². The van der Waals surface area contributed by atoms with E-state index >= 15 is 0 Å². The van der Waals surface area contributed by atoms with Crippen LogP contribution in [0.1, 0.15) is 56.4 Å². The minimum atomic E-state index is 0.441. The first kappa shape index (κ1) is 16.4. The topological polar surface area (TPSA) is 30.2 Å². The average Bonchev–Trinajstić information content (AvgIpc) is 2.89. The van der Waals surface area contributed by atoms with Gasteiger partial charge in [0.05, 0.1) is 17.4 Å². The van der Waals surface area contributed by atoms with Crippen molar-refractivity contribution in [2.75, 3.05) is 0 Å². The number of nitrogens with zero attached hydrogens (tertiary/aromatic N) is 3. The molecular formula is C21H25N3. The van der Waals surface area contributed by atoms with Crippen molar-refractivity contribution in [1.82, 2.24) is 9.78 Å². The fourth-order valence-corrected chi connectivity index (χ4v) is 3.12. The molecule has 0 aliphatic rings. The molecule has 0 aliphatic carbocycles. The van der Waals surface area contributed by atoms with Gasteiger partial charge in [-0.25, -0.2) is 0 Å². The molecule has 3 heteroatoms. The molecule has 3 aromatic rings. The van der Waals surface area contributed by atoms with Crippen LogP contribution >= 0.6 is 0 Å². The van der Waals surface area contributed by atoms with Gasteiger partial charge in [-0.05, 0) is 29.0 Å². The molecule has 0 fully saturated rings. The van der Waals surface area contributed by atoms with Crippen LogP contribution in [-0.4, -0.2) is 16.0 Å². The second kappa shape index (κ2) is 6.60. The molecule has 0 spiro atoms. The van der Waals surface area contributed by atoms with Crippen LogP contribution in [0.3, 0.4) is 0 Å². The Kier molecular flexibility index (Phi) is 4.52. The van der Waals surface area contributed by atoms with Crippen LogP contribution in [0.25, 0.3) is 10.9 Å². The highest BCUT2D eigenvalue weighted by Crippen LogP contribution is 2.34. The number of fused-ring (bicyclic) bond motifs is 1. The van der Waals surface area contributed by atoms with E-state index in [1.54, 1.807) is 0 Å². The smallest absolute Gasteiger partial charge is 0.111 e. The molecule has 3 rings (SSSR count). The summed E-state index contributed by atoms with van der Waals surface area (Å²) in [7, 11) is 1.97. The lowest BCUT2D eigenvalue weighted by atomic mass is 9.93. The van der Waals surface area contributed by atoms with Gasteiger partial charge in [-0.2, -0.15) is 5.10 Å². The van der Waals surface area contributed by atoms with Crippen LogP contribution in [0.2, 0.25) is 0 Å². The summed E-state index contributed by atoms with van der Waals surface area (Å²) in [6.45, 7) is 8.87. The highest BCUT2D eigenvalue weighted by atomic mass is 15.3. The van der Waals surface area contributed by atoms with Gasteiger partial charge in [0.1, 0.15) is 5.69 Å². The predicted octanol–water partition coefficient (Wildman–Crippen LogP) is 5.57. The molecular weight excluding hydrogens is 294 g/mol. The van der Waals surface area contributed by atoms with E-state index in [4.69, 9.17) is 4.99 Å². The number of hydrogen-bond acceptors (Lipinski definition) is 2. The first-order valence-electron chi connectivity index (χ1n) is 8.57. The lowest BCUT2D eigenvalue weighted by Gasteiger charge is -2.16. The molecule has 24 heavy (non-hydrogen) atoms. The van der Waals surface area contributed by atoms with E-state index in [0.29, 0.717) is 11.8 Å². The Morgan fingerprint density at radius 1 is 0.917 bits per heavy atom. The third-order valence-electron chi connectivity index (χ3n) is 4.44. The number of aliphatic imine (C=N–C) groups is 1. The zero-order chi connectivity index (χ0) is 17.3. The molecule has 0 saturated carbocycles. The Morgan fingerprint density at radius 3 is 2.17 bits per heavy atom. The molecule has 0 N–H and O–H groups in total. The lowest BCUT2D eigenvalue weighted by molar-refractivity contribution is 0.794. The molecule has 0 saturated heterocycles. The molecule has 0 aliphatic heterocycles. The summed E-state index contributed by atoms with van der Waals surface area (Å²) in [6, 6.07) is 14.8. The number of benzene rings is 2. The molecule has 3 nitrogen and oxygen atoms in total. The molecule has 1 aromatic heterocycles. The zero-order valence-electron chi connectivity index (χ0n) is 15.1. The van der Waals surface area contributed by atoms with Gasteiger partial charge >= 0.3 is 0 Å². The maximum Gasteiger partial charge on any atom is 0.111 e. The SMILES string of the molecule is CC(C)c1cccc(C(C)C)c1/N=C/c1nn(C)c2ccccc12. The number of aryl methyl sites for hydroxylation is 1. The summed E-state index contributed by atoms with van der Waals surface area (Å²) >= 11 is 0. The number of rotatable bonds is 4. The minimum absolute atomic E-state index is 0.441. The Hall–Kier alpha value is -2.42. The summed E-state index contributed by atoms with van der Waals surface area (Å²) in [5.41, 5.74) is 5.72. The third-order valence-corrected chi connectivity index (χ3v) is 4.44. The Bertz CT molecular complexity index is 859. The minimum Gasteiger partial charge on any atom is -0.267 e. The first-order chi connectivity index (χ1) is 11.5. The van der Waals surface area contributed by atoms with Gasteiger partial charge in [-0.15, -0.1) is 0 Å². The average molecular weight is 319 g/mol. The van der Waals surface area contributed by atoms with Crippen LogP contribution in [-0.2, 0) is 7.05 Å². The summed E-state index contributed by atoms with van der Waals surface area (Å²) in [5.74, 6) is 0.882. The van der Waals surface area contributed by atoms with Crippen molar-refractivity contribution in [3.05, 3.63) is 59.3 Å². The molecule has 0 atom stereocenters. The fraction of sp³-hybridized carbons (Fsp3) is 0.333. The van der Waals surface area contributed by atoms with Crippen LogP contribution in [0.5, 0.6) is 0 Å². The summed E-state index contributed by atoms with van der Waals surface area (Å²) in [5, 5.41) is 5.76. The van der Waals surface area contributed by atoms with Crippen molar-refractivity contribution < 1.29 is 0 Å².